The molecule has 24 heavy (non-hydrogen) atoms. The summed E-state index contributed by atoms with van der Waals surface area (Å²) in [5, 5.41) is 2.76. The number of piperazine rings is 1. The second-order valence-electron chi connectivity index (χ2n) is 5.31. The predicted molar refractivity (Wildman–Crippen MR) is 88.2 cm³/mol. The van der Waals surface area contributed by atoms with Gasteiger partial charge in [0.25, 0.3) is 0 Å². The highest BCUT2D eigenvalue weighted by molar-refractivity contribution is 5.89. The van der Waals surface area contributed by atoms with E-state index in [1.807, 2.05) is 6.92 Å². The van der Waals surface area contributed by atoms with Crippen LogP contribution in [0.15, 0.2) is 24.9 Å². The van der Waals surface area contributed by atoms with Gasteiger partial charge in [-0.25, -0.2) is 19.7 Å². The fourth-order valence-corrected chi connectivity index (χ4v) is 2.57. The van der Waals surface area contributed by atoms with Crippen LogP contribution in [0.3, 0.4) is 0 Å². The minimum absolute atomic E-state index is 0.206. The van der Waals surface area contributed by atoms with Crippen LogP contribution in [0.4, 0.5) is 16.4 Å². The number of anilines is 2. The Bertz CT molecular complexity index is 716. The maximum Gasteiger partial charge on any atom is 0.323 e. The van der Waals surface area contributed by atoms with Crippen molar-refractivity contribution < 1.29 is 9.53 Å². The minimum Gasteiger partial charge on any atom is -0.491 e. The molecule has 0 unspecified atom stereocenters. The van der Waals surface area contributed by atoms with Crippen LogP contribution >= 0.6 is 0 Å². The summed E-state index contributed by atoms with van der Waals surface area (Å²) in [5.74, 6) is 1.67. The van der Waals surface area contributed by atoms with Crippen molar-refractivity contribution >= 4 is 17.7 Å². The molecule has 1 fully saturated rings. The predicted octanol–water partition coefficient (Wildman–Crippen LogP) is 0.938. The van der Waals surface area contributed by atoms with Crippen molar-refractivity contribution in [2.24, 2.45) is 0 Å². The van der Waals surface area contributed by atoms with Crippen molar-refractivity contribution in [1.82, 2.24) is 24.8 Å². The number of nitrogens with one attached hydrogen (secondary N) is 1. The van der Waals surface area contributed by atoms with Gasteiger partial charge in [-0.05, 0) is 6.92 Å². The van der Waals surface area contributed by atoms with E-state index in [1.54, 1.807) is 17.3 Å². The van der Waals surface area contributed by atoms with Crippen LogP contribution in [0.2, 0.25) is 0 Å². The van der Waals surface area contributed by atoms with Gasteiger partial charge in [-0.2, -0.15) is 0 Å². The van der Waals surface area contributed by atoms with E-state index in [4.69, 9.17) is 4.74 Å². The zero-order valence-corrected chi connectivity index (χ0v) is 13.6. The van der Waals surface area contributed by atoms with E-state index in [2.05, 4.69) is 30.2 Å². The summed E-state index contributed by atoms with van der Waals surface area (Å²) < 4.78 is 5.14. The monoisotopic (exact) mass is 329 g/mol. The molecule has 9 nitrogen and oxygen atoms in total. The van der Waals surface area contributed by atoms with E-state index in [9.17, 15) is 4.79 Å². The summed E-state index contributed by atoms with van der Waals surface area (Å²) in [6.07, 6.45) is 6.24. The summed E-state index contributed by atoms with van der Waals surface area (Å²) in [6.45, 7) is 4.52. The summed E-state index contributed by atoms with van der Waals surface area (Å²) >= 11 is 0. The van der Waals surface area contributed by atoms with Crippen LogP contribution in [0.5, 0.6) is 5.75 Å². The molecule has 3 rings (SSSR count). The second kappa shape index (κ2) is 7.07. The van der Waals surface area contributed by atoms with E-state index in [0.29, 0.717) is 37.7 Å². The molecule has 0 atom stereocenters. The lowest BCUT2D eigenvalue weighted by atomic mass is 10.3. The first-order chi connectivity index (χ1) is 11.7. The Morgan fingerprint density at radius 1 is 1.17 bits per heavy atom. The van der Waals surface area contributed by atoms with Gasteiger partial charge in [0.1, 0.15) is 12.1 Å². The van der Waals surface area contributed by atoms with Crippen LogP contribution in [0, 0.1) is 6.92 Å². The Morgan fingerprint density at radius 2 is 1.92 bits per heavy atom. The topological polar surface area (TPSA) is 96.4 Å². The molecule has 0 bridgehead atoms. The fraction of sp³-hybridized carbons (Fsp3) is 0.400. The van der Waals surface area contributed by atoms with E-state index < -0.39 is 0 Å². The van der Waals surface area contributed by atoms with Crippen molar-refractivity contribution in [1.29, 1.82) is 0 Å². The number of urea groups is 1. The molecule has 1 saturated heterocycles. The van der Waals surface area contributed by atoms with Gasteiger partial charge in [0.2, 0.25) is 0 Å². The lowest BCUT2D eigenvalue weighted by Crippen LogP contribution is -2.50. The molecule has 0 radical (unpaired) electrons. The van der Waals surface area contributed by atoms with Crippen molar-refractivity contribution in [2.45, 2.75) is 6.92 Å². The number of aryl methyl sites for hydroxylation is 1. The molecule has 3 heterocycles. The van der Waals surface area contributed by atoms with E-state index >= 15 is 0 Å². The average Bonchev–Trinajstić information content (AvgIpc) is 2.63. The van der Waals surface area contributed by atoms with Gasteiger partial charge in [0, 0.05) is 38.6 Å². The SMILES string of the molecule is COc1cncnc1NC(=O)N1CCN(c2nccnc2C)CC1. The van der Waals surface area contributed by atoms with E-state index in [-0.39, 0.29) is 6.03 Å². The molecule has 9 heteroatoms. The summed E-state index contributed by atoms with van der Waals surface area (Å²) in [7, 11) is 1.51. The first-order valence-electron chi connectivity index (χ1n) is 7.61. The molecule has 2 aromatic rings. The third kappa shape index (κ3) is 3.34. The molecule has 0 saturated carbocycles. The summed E-state index contributed by atoms with van der Waals surface area (Å²) in [5.41, 5.74) is 0.890. The van der Waals surface area contributed by atoms with Crippen LogP contribution in [-0.2, 0) is 0 Å². The first kappa shape index (κ1) is 15.9. The zero-order valence-electron chi connectivity index (χ0n) is 13.6. The Kier molecular flexibility index (Phi) is 4.69. The molecular formula is C15H19N7O2. The standard InChI is InChI=1S/C15H19N7O2/c1-11-14(18-4-3-17-11)21-5-7-22(8-6-21)15(23)20-13-12(24-2)9-16-10-19-13/h3-4,9-10H,5-8H2,1-2H3,(H,16,19,20,23). The average molecular weight is 329 g/mol. The Morgan fingerprint density at radius 3 is 2.62 bits per heavy atom. The highest BCUT2D eigenvalue weighted by Crippen LogP contribution is 2.20. The van der Waals surface area contributed by atoms with Gasteiger partial charge in [0.05, 0.1) is 19.0 Å². The van der Waals surface area contributed by atoms with Crippen LogP contribution in [0.1, 0.15) is 5.69 Å². The first-order valence-corrected chi connectivity index (χ1v) is 7.61. The highest BCUT2D eigenvalue weighted by Gasteiger charge is 2.23. The number of aromatic nitrogens is 4. The third-order valence-electron chi connectivity index (χ3n) is 3.85. The van der Waals surface area contributed by atoms with E-state index in [1.165, 1.54) is 19.6 Å². The normalized spacial score (nSPS) is 14.4. The Labute approximate surface area is 139 Å². The van der Waals surface area contributed by atoms with Crippen LogP contribution in [0.25, 0.3) is 0 Å². The highest BCUT2D eigenvalue weighted by atomic mass is 16.5. The van der Waals surface area contributed by atoms with Crippen LogP contribution < -0.4 is 15.0 Å². The molecule has 0 aromatic carbocycles. The number of amides is 2. The maximum atomic E-state index is 12.4. The van der Waals surface area contributed by atoms with Crippen molar-refractivity contribution in [3.8, 4) is 5.75 Å². The molecule has 0 spiro atoms. The van der Waals surface area contributed by atoms with E-state index in [0.717, 1.165) is 11.5 Å². The van der Waals surface area contributed by atoms with Gasteiger partial charge in [0.15, 0.2) is 11.6 Å². The number of carbonyl (C=O) groups is 1. The number of carbonyl (C=O) groups excluding carboxylic acids is 1. The number of hydrogen-bond acceptors (Lipinski definition) is 7. The molecule has 0 aliphatic carbocycles. The van der Waals surface area contributed by atoms with Crippen molar-refractivity contribution in [2.75, 3.05) is 43.5 Å². The molecule has 1 aliphatic rings. The van der Waals surface area contributed by atoms with Crippen LogP contribution in [-0.4, -0.2) is 64.2 Å². The largest absolute Gasteiger partial charge is 0.491 e. The smallest absolute Gasteiger partial charge is 0.323 e. The molecular weight excluding hydrogens is 310 g/mol. The molecule has 1 aliphatic heterocycles. The third-order valence-corrected chi connectivity index (χ3v) is 3.85. The zero-order chi connectivity index (χ0) is 16.9. The number of nitrogens with zero attached hydrogens (tertiary/aromatic N) is 6. The van der Waals surface area contributed by atoms with Gasteiger partial charge in [-0.15, -0.1) is 0 Å². The van der Waals surface area contributed by atoms with Crippen molar-refractivity contribution in [3.05, 3.63) is 30.6 Å². The lowest BCUT2D eigenvalue weighted by Gasteiger charge is -2.35. The molecule has 1 N–H and O–H groups in total. The minimum atomic E-state index is -0.206. The fourth-order valence-electron chi connectivity index (χ4n) is 2.57. The van der Waals surface area contributed by atoms with Crippen molar-refractivity contribution in [3.63, 3.8) is 0 Å². The summed E-state index contributed by atoms with van der Waals surface area (Å²) in [6, 6.07) is -0.206. The molecule has 2 aromatic heterocycles. The Balaban J connectivity index is 1.60. The summed E-state index contributed by atoms with van der Waals surface area (Å²) in [4.78, 5) is 32.8. The van der Waals surface area contributed by atoms with Gasteiger partial charge >= 0.3 is 6.03 Å². The molecule has 126 valence electrons. The van der Waals surface area contributed by atoms with Gasteiger partial charge in [-0.1, -0.05) is 0 Å². The second-order valence-corrected chi connectivity index (χ2v) is 5.31. The number of hydrogen-bond donors (Lipinski definition) is 1. The quantitative estimate of drug-likeness (QED) is 0.895. The number of methoxy groups -OCH3 is 1. The maximum absolute atomic E-state index is 12.4. The number of ether oxygens (including phenoxy) is 1. The Hall–Kier alpha value is -2.97. The van der Waals surface area contributed by atoms with Gasteiger partial charge < -0.3 is 14.5 Å². The van der Waals surface area contributed by atoms with Gasteiger partial charge in [-0.3, -0.25) is 10.3 Å². The lowest BCUT2D eigenvalue weighted by molar-refractivity contribution is 0.208. The molecule has 2 amide bonds. The number of rotatable bonds is 3.